The normalized spacial score (nSPS) is 10.6. The number of nitrogens with zero attached hydrogens (tertiary/aromatic N) is 1. The van der Waals surface area contributed by atoms with Crippen molar-refractivity contribution in [3.63, 3.8) is 0 Å². The van der Waals surface area contributed by atoms with Gasteiger partial charge in [-0.25, -0.2) is 13.8 Å². The lowest BCUT2D eigenvalue weighted by Gasteiger charge is -2.06. The predicted octanol–water partition coefficient (Wildman–Crippen LogP) is 3.49. The zero-order chi connectivity index (χ0) is 10.7. The van der Waals surface area contributed by atoms with E-state index >= 15 is 0 Å². The number of carbonyl (C=O) groups is 1. The van der Waals surface area contributed by atoms with Gasteiger partial charge in [0.15, 0.2) is 6.29 Å². The highest BCUT2D eigenvalue weighted by molar-refractivity contribution is 9.10. The molecule has 1 rings (SSSR count). The molecule has 0 aromatic carbocycles. The summed E-state index contributed by atoms with van der Waals surface area (Å²) in [5, 5.41) is 0.401. The van der Waals surface area contributed by atoms with Crippen molar-refractivity contribution in [2.24, 2.45) is 0 Å². The first-order valence-electron chi connectivity index (χ1n) is 3.58. The second-order valence-electron chi connectivity index (χ2n) is 2.44. The van der Waals surface area contributed by atoms with Gasteiger partial charge in [0.25, 0.3) is 6.43 Å². The van der Waals surface area contributed by atoms with Gasteiger partial charge in [-0.15, -0.1) is 0 Å². The maximum atomic E-state index is 12.4. The lowest BCUT2D eigenvalue weighted by Crippen LogP contribution is -2.01. The van der Waals surface area contributed by atoms with Crippen molar-refractivity contribution in [2.45, 2.75) is 11.8 Å². The van der Waals surface area contributed by atoms with Gasteiger partial charge in [-0.2, -0.15) is 0 Å². The molecule has 6 heteroatoms. The van der Waals surface area contributed by atoms with Crippen molar-refractivity contribution in [3.05, 3.63) is 27.5 Å². The number of rotatable bonds is 3. The molecule has 0 aliphatic heterocycles. The Hall–Kier alpha value is -0.360. The molecule has 0 unspecified atom stereocenters. The van der Waals surface area contributed by atoms with Crippen LogP contribution in [-0.4, -0.2) is 11.3 Å². The van der Waals surface area contributed by atoms with Gasteiger partial charge in [0.05, 0.1) is 5.69 Å². The van der Waals surface area contributed by atoms with Gasteiger partial charge in [0, 0.05) is 15.4 Å². The summed E-state index contributed by atoms with van der Waals surface area (Å²) in [5.74, 6) is 0. The Labute approximate surface area is 96.0 Å². The van der Waals surface area contributed by atoms with Crippen LogP contribution in [0.15, 0.2) is 10.5 Å². The van der Waals surface area contributed by atoms with Gasteiger partial charge in [0.2, 0.25) is 0 Å². The van der Waals surface area contributed by atoms with Crippen LogP contribution in [0.3, 0.4) is 0 Å². The van der Waals surface area contributed by atoms with Crippen LogP contribution in [0, 0.1) is 0 Å². The number of aldehydes is 1. The quantitative estimate of drug-likeness (QED) is 0.628. The molecule has 0 amide bonds. The molecule has 1 aromatic heterocycles. The smallest absolute Gasteiger partial charge is 0.266 e. The summed E-state index contributed by atoms with van der Waals surface area (Å²) in [6, 6.07) is 1.22. The number of pyridine rings is 1. The largest absolute Gasteiger partial charge is 0.296 e. The zero-order valence-electron chi connectivity index (χ0n) is 6.81. The second-order valence-corrected chi connectivity index (χ2v) is 3.86. The van der Waals surface area contributed by atoms with Gasteiger partial charge in [-0.3, -0.25) is 4.79 Å². The van der Waals surface area contributed by atoms with Crippen LogP contribution in [-0.2, 0) is 5.33 Å². The van der Waals surface area contributed by atoms with Gasteiger partial charge < -0.3 is 0 Å². The molecule has 0 N–H and O–H groups in total. The van der Waals surface area contributed by atoms with Crippen LogP contribution in [0.1, 0.15) is 28.2 Å². The third-order valence-electron chi connectivity index (χ3n) is 1.58. The topological polar surface area (TPSA) is 30.0 Å². The van der Waals surface area contributed by atoms with E-state index in [1.54, 1.807) is 0 Å². The minimum absolute atomic E-state index is 0.211. The Balaban J connectivity index is 3.31. The van der Waals surface area contributed by atoms with Crippen LogP contribution in [0.5, 0.6) is 0 Å². The Kier molecular flexibility index (Phi) is 4.12. The molecule has 14 heavy (non-hydrogen) atoms. The molecule has 76 valence electrons. The van der Waals surface area contributed by atoms with Crippen LogP contribution >= 0.6 is 31.9 Å². The highest BCUT2D eigenvalue weighted by Crippen LogP contribution is 2.27. The van der Waals surface area contributed by atoms with Crippen molar-refractivity contribution in [1.82, 2.24) is 4.98 Å². The summed E-state index contributed by atoms with van der Waals surface area (Å²) in [4.78, 5) is 14.3. The van der Waals surface area contributed by atoms with E-state index in [0.717, 1.165) is 0 Å². The first-order chi connectivity index (χ1) is 6.60. The fraction of sp³-hybridized carbons (Fsp3) is 0.250. The molecule has 0 aliphatic rings. The molecule has 1 heterocycles. The monoisotopic (exact) mass is 327 g/mol. The molecule has 0 atom stereocenters. The Bertz CT molecular complexity index is 357. The fourth-order valence-electron chi connectivity index (χ4n) is 0.920. The average molecular weight is 329 g/mol. The molecule has 0 bridgehead atoms. The molecule has 0 radical (unpaired) electrons. The summed E-state index contributed by atoms with van der Waals surface area (Å²) in [6.45, 7) is 0. The SMILES string of the molecule is O=Cc1nc(CBr)c(Br)cc1C(F)F. The number of hydrogen-bond donors (Lipinski definition) is 0. The lowest BCUT2D eigenvalue weighted by molar-refractivity contribution is 0.110. The van der Waals surface area contributed by atoms with Gasteiger partial charge in [0.1, 0.15) is 5.69 Å². The van der Waals surface area contributed by atoms with Crippen molar-refractivity contribution < 1.29 is 13.6 Å². The third kappa shape index (κ3) is 2.36. The molecular formula is C8H5Br2F2NO. The Morgan fingerprint density at radius 1 is 1.57 bits per heavy atom. The second kappa shape index (κ2) is 4.93. The van der Waals surface area contributed by atoms with E-state index in [2.05, 4.69) is 36.8 Å². The summed E-state index contributed by atoms with van der Waals surface area (Å²) >= 11 is 6.23. The van der Waals surface area contributed by atoms with Gasteiger partial charge in [-0.05, 0) is 22.0 Å². The van der Waals surface area contributed by atoms with Crippen molar-refractivity contribution in [2.75, 3.05) is 0 Å². The average Bonchev–Trinajstić information content (AvgIpc) is 2.17. The third-order valence-corrected chi connectivity index (χ3v) is 2.80. The molecule has 0 fully saturated rings. The first-order valence-corrected chi connectivity index (χ1v) is 5.50. The predicted molar refractivity (Wildman–Crippen MR) is 54.9 cm³/mol. The van der Waals surface area contributed by atoms with Crippen LogP contribution < -0.4 is 0 Å². The van der Waals surface area contributed by atoms with E-state index in [0.29, 0.717) is 21.8 Å². The number of carbonyl (C=O) groups excluding carboxylic acids is 1. The fourth-order valence-corrected chi connectivity index (χ4v) is 2.20. The maximum Gasteiger partial charge on any atom is 0.266 e. The number of halogens is 4. The molecule has 2 nitrogen and oxygen atoms in total. The zero-order valence-corrected chi connectivity index (χ0v) is 9.98. The summed E-state index contributed by atoms with van der Waals surface area (Å²) in [5.41, 5.74) is -0.0364. The number of alkyl halides is 3. The lowest BCUT2D eigenvalue weighted by atomic mass is 10.2. The summed E-state index contributed by atoms with van der Waals surface area (Å²) < 4.78 is 25.3. The van der Waals surface area contributed by atoms with Crippen LogP contribution in [0.25, 0.3) is 0 Å². The number of hydrogen-bond acceptors (Lipinski definition) is 2. The van der Waals surface area contributed by atoms with E-state index in [1.807, 2.05) is 0 Å². The summed E-state index contributed by atoms with van der Waals surface area (Å²) in [7, 11) is 0. The van der Waals surface area contributed by atoms with Crippen molar-refractivity contribution in [1.29, 1.82) is 0 Å². The maximum absolute atomic E-state index is 12.4. The van der Waals surface area contributed by atoms with E-state index in [1.165, 1.54) is 6.07 Å². The molecular weight excluding hydrogens is 324 g/mol. The van der Waals surface area contributed by atoms with Crippen LogP contribution in [0.2, 0.25) is 0 Å². The molecule has 0 saturated carbocycles. The molecule has 1 aromatic rings. The van der Waals surface area contributed by atoms with E-state index in [9.17, 15) is 13.6 Å². The van der Waals surface area contributed by atoms with E-state index in [-0.39, 0.29) is 11.3 Å². The minimum atomic E-state index is -2.69. The molecule has 0 saturated heterocycles. The van der Waals surface area contributed by atoms with Gasteiger partial charge >= 0.3 is 0 Å². The van der Waals surface area contributed by atoms with E-state index in [4.69, 9.17) is 0 Å². The van der Waals surface area contributed by atoms with Crippen molar-refractivity contribution in [3.8, 4) is 0 Å². The number of aromatic nitrogens is 1. The first kappa shape index (κ1) is 11.7. The highest BCUT2D eigenvalue weighted by atomic mass is 79.9. The minimum Gasteiger partial charge on any atom is -0.296 e. The molecule has 0 spiro atoms. The highest BCUT2D eigenvalue weighted by Gasteiger charge is 2.16. The van der Waals surface area contributed by atoms with Crippen molar-refractivity contribution >= 4 is 38.1 Å². The Morgan fingerprint density at radius 3 is 2.64 bits per heavy atom. The molecule has 0 aliphatic carbocycles. The van der Waals surface area contributed by atoms with E-state index < -0.39 is 6.43 Å². The standard InChI is InChI=1S/C8H5Br2F2NO/c9-2-6-5(10)1-4(8(11)12)7(3-14)13-6/h1,3,8H,2H2. The summed E-state index contributed by atoms with van der Waals surface area (Å²) in [6.07, 6.45) is -2.36. The van der Waals surface area contributed by atoms with Crippen LogP contribution in [0.4, 0.5) is 8.78 Å². The van der Waals surface area contributed by atoms with Gasteiger partial charge in [-0.1, -0.05) is 15.9 Å². The Morgan fingerprint density at radius 2 is 2.21 bits per heavy atom.